The molecule has 5 heteroatoms. The van der Waals surface area contributed by atoms with Crippen molar-refractivity contribution >= 4 is 5.91 Å². The quantitative estimate of drug-likeness (QED) is 0.759. The molecule has 88 valence electrons. The molecule has 0 aliphatic rings. The van der Waals surface area contributed by atoms with Crippen molar-refractivity contribution in [1.29, 1.82) is 0 Å². The summed E-state index contributed by atoms with van der Waals surface area (Å²) in [5, 5.41) is 9.33. The molecule has 0 spiro atoms. The van der Waals surface area contributed by atoms with Gasteiger partial charge in [-0.2, -0.15) is 0 Å². The number of hydrogen-bond donors (Lipinski definition) is 2. The van der Waals surface area contributed by atoms with Gasteiger partial charge in [0, 0.05) is 12.0 Å². The minimum absolute atomic E-state index is 0.139. The standard InChI is InChI=1S/C11H18N4O/c1-7(2)6-12-9(16)8-13-10(15-14-8)11(3,4)5/h1,6H2,2-5H3,(H,12,16)(H,13,14,15). The molecule has 0 aliphatic heterocycles. The maximum Gasteiger partial charge on any atom is 0.291 e. The first-order valence-electron chi connectivity index (χ1n) is 5.16. The Balaban J connectivity index is 2.71. The highest BCUT2D eigenvalue weighted by Crippen LogP contribution is 2.17. The lowest BCUT2D eigenvalue weighted by Gasteiger charge is -2.12. The van der Waals surface area contributed by atoms with Crippen LogP contribution in [0.2, 0.25) is 0 Å². The molecule has 16 heavy (non-hydrogen) atoms. The summed E-state index contributed by atoms with van der Waals surface area (Å²) in [6.45, 7) is 12.0. The molecular weight excluding hydrogens is 204 g/mol. The monoisotopic (exact) mass is 222 g/mol. The molecule has 0 unspecified atom stereocenters. The van der Waals surface area contributed by atoms with E-state index in [9.17, 15) is 4.79 Å². The molecule has 5 nitrogen and oxygen atoms in total. The number of nitrogens with zero attached hydrogens (tertiary/aromatic N) is 2. The van der Waals surface area contributed by atoms with Crippen molar-refractivity contribution in [3.05, 3.63) is 23.8 Å². The molecular formula is C11H18N4O. The van der Waals surface area contributed by atoms with Crippen molar-refractivity contribution in [2.75, 3.05) is 6.54 Å². The zero-order valence-corrected chi connectivity index (χ0v) is 10.2. The minimum Gasteiger partial charge on any atom is -0.346 e. The third-order valence-corrected chi connectivity index (χ3v) is 1.95. The van der Waals surface area contributed by atoms with Crippen LogP contribution in [0.15, 0.2) is 12.2 Å². The molecule has 2 N–H and O–H groups in total. The summed E-state index contributed by atoms with van der Waals surface area (Å²) >= 11 is 0. The van der Waals surface area contributed by atoms with Crippen LogP contribution in [0.25, 0.3) is 0 Å². The van der Waals surface area contributed by atoms with Gasteiger partial charge in [0.05, 0.1) is 0 Å². The number of rotatable bonds is 3. The molecule has 0 radical (unpaired) electrons. The molecule has 1 amide bonds. The van der Waals surface area contributed by atoms with Gasteiger partial charge in [-0.1, -0.05) is 32.9 Å². The minimum atomic E-state index is -0.283. The van der Waals surface area contributed by atoms with Gasteiger partial charge in [-0.15, -0.1) is 5.10 Å². The third kappa shape index (κ3) is 3.18. The second kappa shape index (κ2) is 4.47. The van der Waals surface area contributed by atoms with E-state index in [1.807, 2.05) is 27.7 Å². The van der Waals surface area contributed by atoms with E-state index in [4.69, 9.17) is 0 Å². The van der Waals surface area contributed by atoms with Gasteiger partial charge in [0.1, 0.15) is 5.82 Å². The van der Waals surface area contributed by atoms with Gasteiger partial charge in [0.15, 0.2) is 0 Å². The first-order valence-corrected chi connectivity index (χ1v) is 5.16. The van der Waals surface area contributed by atoms with Crippen molar-refractivity contribution in [3.63, 3.8) is 0 Å². The van der Waals surface area contributed by atoms with E-state index in [1.165, 1.54) is 0 Å². The number of amides is 1. The fourth-order valence-corrected chi connectivity index (χ4v) is 1.01. The lowest BCUT2D eigenvalue weighted by atomic mass is 9.96. The Hall–Kier alpha value is -1.65. The third-order valence-electron chi connectivity index (χ3n) is 1.95. The van der Waals surface area contributed by atoms with Gasteiger partial charge in [-0.05, 0) is 6.92 Å². The summed E-state index contributed by atoms with van der Waals surface area (Å²) in [6, 6.07) is 0. The molecule has 1 heterocycles. The molecule has 0 aromatic carbocycles. The highest BCUT2D eigenvalue weighted by molar-refractivity contribution is 5.90. The normalized spacial score (nSPS) is 11.2. The lowest BCUT2D eigenvalue weighted by molar-refractivity contribution is 0.0947. The fraction of sp³-hybridized carbons (Fsp3) is 0.545. The highest BCUT2D eigenvalue weighted by Gasteiger charge is 2.20. The van der Waals surface area contributed by atoms with Crippen LogP contribution in [0.4, 0.5) is 0 Å². The second-order valence-electron chi connectivity index (χ2n) is 4.90. The summed E-state index contributed by atoms with van der Waals surface area (Å²) in [5.41, 5.74) is 0.750. The van der Waals surface area contributed by atoms with Gasteiger partial charge in [0.2, 0.25) is 5.82 Å². The SMILES string of the molecule is C=C(C)CNC(=O)c1n[nH]c(C(C)(C)C)n1. The Kier molecular flexibility index (Phi) is 3.47. The van der Waals surface area contributed by atoms with Crippen LogP contribution in [-0.2, 0) is 5.41 Å². The molecule has 1 aromatic heterocycles. The molecule has 1 aromatic rings. The maximum atomic E-state index is 11.6. The van der Waals surface area contributed by atoms with E-state index >= 15 is 0 Å². The average Bonchev–Trinajstić information content (AvgIpc) is 2.61. The summed E-state index contributed by atoms with van der Waals surface area (Å²) < 4.78 is 0. The van der Waals surface area contributed by atoms with Gasteiger partial charge < -0.3 is 5.32 Å². The molecule has 0 saturated carbocycles. The number of nitrogens with one attached hydrogen (secondary N) is 2. The average molecular weight is 222 g/mol. The second-order valence-corrected chi connectivity index (χ2v) is 4.90. The van der Waals surface area contributed by atoms with E-state index < -0.39 is 0 Å². The molecule has 0 atom stereocenters. The summed E-state index contributed by atoms with van der Waals surface area (Å²) in [7, 11) is 0. The van der Waals surface area contributed by atoms with Gasteiger partial charge >= 0.3 is 0 Å². The Morgan fingerprint density at radius 3 is 2.56 bits per heavy atom. The first kappa shape index (κ1) is 12.4. The number of hydrogen-bond acceptors (Lipinski definition) is 3. The number of aromatic nitrogens is 3. The Bertz CT molecular complexity index is 400. The summed E-state index contributed by atoms with van der Waals surface area (Å²) in [5.74, 6) is 0.592. The fourth-order valence-electron chi connectivity index (χ4n) is 1.01. The smallest absolute Gasteiger partial charge is 0.291 e. The van der Waals surface area contributed by atoms with E-state index in [-0.39, 0.29) is 17.1 Å². The molecule has 1 rings (SSSR count). The molecule has 0 fully saturated rings. The van der Waals surface area contributed by atoms with Crippen LogP contribution < -0.4 is 5.32 Å². The van der Waals surface area contributed by atoms with Crippen molar-refractivity contribution in [2.45, 2.75) is 33.1 Å². The highest BCUT2D eigenvalue weighted by atomic mass is 16.2. The zero-order valence-electron chi connectivity index (χ0n) is 10.2. The van der Waals surface area contributed by atoms with Gasteiger partial charge in [-0.25, -0.2) is 4.98 Å². The van der Waals surface area contributed by atoms with Crippen LogP contribution in [0.1, 0.15) is 44.1 Å². The van der Waals surface area contributed by atoms with E-state index in [2.05, 4.69) is 27.1 Å². The number of H-pyrrole nitrogens is 1. The number of aromatic amines is 1. The predicted octanol–water partition coefficient (Wildman–Crippen LogP) is 1.41. The largest absolute Gasteiger partial charge is 0.346 e. The van der Waals surface area contributed by atoms with Crippen LogP contribution in [0.3, 0.4) is 0 Å². The van der Waals surface area contributed by atoms with Crippen LogP contribution in [0.5, 0.6) is 0 Å². The van der Waals surface area contributed by atoms with Crippen LogP contribution in [-0.4, -0.2) is 27.6 Å². The van der Waals surface area contributed by atoms with Crippen LogP contribution in [0, 0.1) is 0 Å². The number of carbonyl (C=O) groups excluding carboxylic acids is 1. The number of carbonyl (C=O) groups is 1. The summed E-state index contributed by atoms with van der Waals surface area (Å²) in [4.78, 5) is 15.7. The Morgan fingerprint density at radius 1 is 1.50 bits per heavy atom. The lowest BCUT2D eigenvalue weighted by Crippen LogP contribution is -2.26. The Morgan fingerprint density at radius 2 is 2.12 bits per heavy atom. The van der Waals surface area contributed by atoms with Crippen molar-refractivity contribution < 1.29 is 4.79 Å². The van der Waals surface area contributed by atoms with E-state index in [0.717, 1.165) is 5.57 Å². The van der Waals surface area contributed by atoms with Crippen molar-refractivity contribution in [3.8, 4) is 0 Å². The zero-order chi connectivity index (χ0) is 12.3. The predicted molar refractivity (Wildman–Crippen MR) is 62.2 cm³/mol. The first-order chi connectivity index (χ1) is 7.30. The maximum absolute atomic E-state index is 11.6. The van der Waals surface area contributed by atoms with E-state index in [1.54, 1.807) is 0 Å². The van der Waals surface area contributed by atoms with Gasteiger partial charge in [0.25, 0.3) is 5.91 Å². The molecule has 0 saturated heterocycles. The molecule has 0 bridgehead atoms. The van der Waals surface area contributed by atoms with Crippen LogP contribution >= 0.6 is 0 Å². The topological polar surface area (TPSA) is 70.7 Å². The Labute approximate surface area is 95.4 Å². The van der Waals surface area contributed by atoms with Crippen molar-refractivity contribution in [2.24, 2.45) is 0 Å². The summed E-state index contributed by atoms with van der Waals surface area (Å²) in [6.07, 6.45) is 0. The van der Waals surface area contributed by atoms with Gasteiger partial charge in [-0.3, -0.25) is 9.89 Å². The van der Waals surface area contributed by atoms with E-state index in [0.29, 0.717) is 12.4 Å². The molecule has 0 aliphatic carbocycles. The van der Waals surface area contributed by atoms with Crippen molar-refractivity contribution in [1.82, 2.24) is 20.5 Å².